The third-order valence-corrected chi connectivity index (χ3v) is 8.52. The van der Waals surface area contributed by atoms with Crippen LogP contribution in [-0.4, -0.2) is 38.5 Å². The molecule has 1 heterocycles. The molecule has 6 heteroatoms. The number of thioether (sulfide) groups is 1. The summed E-state index contributed by atoms with van der Waals surface area (Å²) in [5.74, 6) is 0.647. The number of hydrogen-bond acceptors (Lipinski definition) is 5. The minimum absolute atomic E-state index is 0.243. The fraction of sp³-hybridized carbons (Fsp3) is 0.720. The van der Waals surface area contributed by atoms with Gasteiger partial charge in [-0.25, -0.2) is 9.79 Å². The molecule has 1 fully saturated rings. The smallest absolute Gasteiger partial charge is 0.263 e. The number of hydrogen-bond donors (Lipinski definition) is 2. The average molecular weight is 467 g/mol. The number of nitrogens with one attached hydrogen (secondary N) is 1. The maximum Gasteiger partial charge on any atom is 0.263 e. The highest BCUT2D eigenvalue weighted by Crippen LogP contribution is 2.40. The number of nitrogens with zero attached hydrogens (tertiary/aromatic N) is 1. The van der Waals surface area contributed by atoms with Gasteiger partial charge in [-0.2, -0.15) is 11.8 Å². The third-order valence-electron chi connectivity index (χ3n) is 6.06. The first-order valence-corrected chi connectivity index (χ1v) is 13.9. The lowest BCUT2D eigenvalue weighted by Crippen LogP contribution is -2.57. The van der Waals surface area contributed by atoms with Crippen molar-refractivity contribution in [1.29, 1.82) is 0 Å². The van der Waals surface area contributed by atoms with Gasteiger partial charge in [0.05, 0.1) is 0 Å². The molecular weight excluding hydrogens is 424 g/mol. The molecule has 1 aliphatic rings. The van der Waals surface area contributed by atoms with Crippen LogP contribution in [-0.2, 0) is 11.2 Å². The second-order valence-electron chi connectivity index (χ2n) is 9.14. The standard InChI is InChI=1S/C25H42N2O2S2/c1-4-5-6-7-8-9-10-11-12-13-14-21-15-17-22(18-16-21)31-27-19-20-30-25(2,3)23(27)24(28)26-29/h15-18,23,29H,4-14,19-20H2,1-3H3,(H,26,28). The Bertz CT molecular complexity index is 637. The molecule has 0 bridgehead atoms. The van der Waals surface area contributed by atoms with Crippen LogP contribution in [0.1, 0.15) is 90.5 Å². The Morgan fingerprint density at radius 2 is 1.65 bits per heavy atom. The van der Waals surface area contributed by atoms with E-state index in [1.807, 2.05) is 5.48 Å². The van der Waals surface area contributed by atoms with Gasteiger partial charge in [0.2, 0.25) is 0 Å². The van der Waals surface area contributed by atoms with E-state index in [1.54, 1.807) is 23.7 Å². The van der Waals surface area contributed by atoms with Gasteiger partial charge in [0.25, 0.3) is 5.91 Å². The first-order valence-electron chi connectivity index (χ1n) is 12.1. The molecule has 1 aliphatic heterocycles. The van der Waals surface area contributed by atoms with Crippen LogP contribution in [0, 0.1) is 0 Å². The molecule has 1 unspecified atom stereocenters. The van der Waals surface area contributed by atoms with E-state index in [-0.39, 0.29) is 16.7 Å². The van der Waals surface area contributed by atoms with E-state index in [9.17, 15) is 10.0 Å². The van der Waals surface area contributed by atoms with Gasteiger partial charge in [-0.05, 0) is 56.3 Å². The summed E-state index contributed by atoms with van der Waals surface area (Å²) in [6.07, 6.45) is 14.8. The molecule has 1 atom stereocenters. The van der Waals surface area contributed by atoms with Gasteiger partial charge < -0.3 is 0 Å². The fourth-order valence-corrected chi connectivity index (χ4v) is 6.79. The Balaban J connectivity index is 1.70. The van der Waals surface area contributed by atoms with E-state index in [0.717, 1.165) is 23.6 Å². The van der Waals surface area contributed by atoms with Crippen LogP contribution in [0.4, 0.5) is 0 Å². The van der Waals surface area contributed by atoms with Gasteiger partial charge in [0, 0.05) is 21.9 Å². The van der Waals surface area contributed by atoms with E-state index in [2.05, 4.69) is 49.3 Å². The maximum absolute atomic E-state index is 12.3. The molecule has 0 spiro atoms. The van der Waals surface area contributed by atoms with Crippen molar-refractivity contribution >= 4 is 29.6 Å². The Kier molecular flexibility index (Phi) is 12.4. The van der Waals surface area contributed by atoms with E-state index in [1.165, 1.54) is 69.8 Å². The lowest BCUT2D eigenvalue weighted by atomic mass is 10.0. The predicted octanol–water partition coefficient (Wildman–Crippen LogP) is 6.86. The first-order chi connectivity index (χ1) is 15.0. The van der Waals surface area contributed by atoms with Crippen LogP contribution in [0.5, 0.6) is 0 Å². The molecule has 2 rings (SSSR count). The summed E-state index contributed by atoms with van der Waals surface area (Å²) in [6.45, 7) is 7.23. The zero-order valence-corrected chi connectivity index (χ0v) is 21.3. The predicted molar refractivity (Wildman–Crippen MR) is 135 cm³/mol. The van der Waals surface area contributed by atoms with E-state index in [4.69, 9.17) is 0 Å². The molecule has 0 aromatic heterocycles. The third kappa shape index (κ3) is 9.37. The van der Waals surface area contributed by atoms with Crippen LogP contribution in [0.2, 0.25) is 0 Å². The summed E-state index contributed by atoms with van der Waals surface area (Å²) in [4.78, 5) is 13.4. The second-order valence-corrected chi connectivity index (χ2v) is 12.0. The molecule has 176 valence electrons. The highest BCUT2D eigenvalue weighted by atomic mass is 32.2. The van der Waals surface area contributed by atoms with Gasteiger partial charge >= 0.3 is 0 Å². The van der Waals surface area contributed by atoms with Gasteiger partial charge in [-0.15, -0.1) is 0 Å². The summed E-state index contributed by atoms with van der Waals surface area (Å²) >= 11 is 3.40. The first kappa shape index (κ1) is 26.6. The van der Waals surface area contributed by atoms with Crippen LogP contribution < -0.4 is 5.48 Å². The largest absolute Gasteiger partial charge is 0.289 e. The van der Waals surface area contributed by atoms with E-state index in [0.29, 0.717) is 0 Å². The minimum atomic E-state index is -0.368. The van der Waals surface area contributed by atoms with Gasteiger partial charge in [0.15, 0.2) is 0 Å². The van der Waals surface area contributed by atoms with Crippen molar-refractivity contribution in [2.75, 3.05) is 12.3 Å². The zero-order chi connectivity index (χ0) is 22.5. The molecule has 2 N–H and O–H groups in total. The summed E-state index contributed by atoms with van der Waals surface area (Å²) in [5.41, 5.74) is 3.25. The normalized spacial score (nSPS) is 18.8. The molecule has 1 aromatic rings. The van der Waals surface area contributed by atoms with Gasteiger partial charge in [-0.3, -0.25) is 10.0 Å². The van der Waals surface area contributed by atoms with E-state index >= 15 is 0 Å². The fourth-order valence-electron chi connectivity index (χ4n) is 4.23. The number of aryl methyl sites for hydroxylation is 1. The Hall–Kier alpha value is -0.690. The molecule has 1 amide bonds. The lowest BCUT2D eigenvalue weighted by Gasteiger charge is -2.43. The monoisotopic (exact) mass is 466 g/mol. The van der Waals surface area contributed by atoms with Crippen molar-refractivity contribution in [3.05, 3.63) is 29.8 Å². The lowest BCUT2D eigenvalue weighted by molar-refractivity contribution is -0.133. The second kappa shape index (κ2) is 14.5. The highest BCUT2D eigenvalue weighted by Gasteiger charge is 2.43. The summed E-state index contributed by atoms with van der Waals surface area (Å²) < 4.78 is 1.87. The van der Waals surface area contributed by atoms with Crippen LogP contribution >= 0.6 is 23.7 Å². The molecule has 0 radical (unpaired) electrons. The Morgan fingerprint density at radius 1 is 1.06 bits per heavy atom. The van der Waals surface area contributed by atoms with Crippen molar-refractivity contribution in [3.63, 3.8) is 0 Å². The number of unbranched alkanes of at least 4 members (excludes halogenated alkanes) is 9. The molecule has 31 heavy (non-hydrogen) atoms. The highest BCUT2D eigenvalue weighted by molar-refractivity contribution is 8.01. The number of amides is 1. The number of carbonyl (C=O) groups excluding carboxylic acids is 1. The topological polar surface area (TPSA) is 52.6 Å². The van der Waals surface area contributed by atoms with Crippen molar-refractivity contribution in [3.8, 4) is 0 Å². The zero-order valence-electron chi connectivity index (χ0n) is 19.7. The van der Waals surface area contributed by atoms with Crippen molar-refractivity contribution in [2.24, 2.45) is 0 Å². The number of hydroxylamine groups is 1. The molecule has 4 nitrogen and oxygen atoms in total. The minimum Gasteiger partial charge on any atom is -0.289 e. The molecular formula is C25H42N2O2S2. The number of rotatable bonds is 14. The number of carbonyl (C=O) groups is 1. The molecule has 1 saturated heterocycles. The molecule has 0 aliphatic carbocycles. The number of benzene rings is 1. The van der Waals surface area contributed by atoms with Crippen LogP contribution in [0.25, 0.3) is 0 Å². The van der Waals surface area contributed by atoms with Gasteiger partial charge in [-0.1, -0.05) is 76.8 Å². The summed E-state index contributed by atoms with van der Waals surface area (Å²) in [6, 6.07) is 8.41. The van der Waals surface area contributed by atoms with Crippen molar-refractivity contribution < 1.29 is 10.0 Å². The average Bonchev–Trinajstić information content (AvgIpc) is 2.75. The van der Waals surface area contributed by atoms with Crippen LogP contribution in [0.15, 0.2) is 29.2 Å². The van der Waals surface area contributed by atoms with Gasteiger partial charge in [0.1, 0.15) is 6.04 Å². The molecule has 0 saturated carbocycles. The van der Waals surface area contributed by atoms with Crippen LogP contribution in [0.3, 0.4) is 0 Å². The van der Waals surface area contributed by atoms with E-state index < -0.39 is 0 Å². The van der Waals surface area contributed by atoms with Crippen molar-refractivity contribution in [2.45, 2.75) is 107 Å². The SMILES string of the molecule is CCCCCCCCCCCCc1ccc(SN2CCSC(C)(C)C2C(=O)NO)cc1. The maximum atomic E-state index is 12.3. The summed E-state index contributed by atoms with van der Waals surface area (Å²) in [5, 5.41) is 9.19. The Morgan fingerprint density at radius 3 is 2.23 bits per heavy atom. The molecule has 1 aromatic carbocycles. The summed E-state index contributed by atoms with van der Waals surface area (Å²) in [7, 11) is 0. The van der Waals surface area contributed by atoms with Crippen molar-refractivity contribution in [1.82, 2.24) is 9.79 Å². The Labute approximate surface area is 198 Å². The quantitative estimate of drug-likeness (QED) is 0.136.